The largest absolute Gasteiger partial charge is 0.497 e. The molecular weight excluding hydrogens is 448 g/mol. The van der Waals surface area contributed by atoms with Crippen LogP contribution in [0.3, 0.4) is 0 Å². The van der Waals surface area contributed by atoms with Gasteiger partial charge in [0, 0.05) is 31.3 Å². The fourth-order valence-corrected chi connectivity index (χ4v) is 4.04. The van der Waals surface area contributed by atoms with E-state index in [0.29, 0.717) is 30.9 Å². The summed E-state index contributed by atoms with van der Waals surface area (Å²) in [7, 11) is 7.05. The third-order valence-electron chi connectivity index (χ3n) is 6.26. The predicted molar refractivity (Wildman–Crippen MR) is 134 cm³/mol. The molecule has 2 amide bonds. The van der Waals surface area contributed by atoms with Crippen LogP contribution in [-0.2, 0) is 4.79 Å². The molecule has 1 aromatic heterocycles. The number of aromatic nitrogens is 1. The third-order valence-corrected chi connectivity index (χ3v) is 6.26. The molecule has 0 bridgehead atoms. The van der Waals surface area contributed by atoms with Crippen molar-refractivity contribution in [2.45, 2.75) is 26.0 Å². The number of benzene rings is 1. The molecule has 9 nitrogen and oxygen atoms in total. The van der Waals surface area contributed by atoms with E-state index in [1.54, 1.807) is 36.2 Å². The molecule has 190 valence electrons. The van der Waals surface area contributed by atoms with Crippen LogP contribution in [0.15, 0.2) is 36.5 Å². The molecule has 0 spiro atoms. The van der Waals surface area contributed by atoms with E-state index in [1.165, 1.54) is 0 Å². The first-order chi connectivity index (χ1) is 16.6. The van der Waals surface area contributed by atoms with Gasteiger partial charge >= 0.3 is 0 Å². The molecule has 0 unspecified atom stereocenters. The van der Waals surface area contributed by atoms with Crippen molar-refractivity contribution >= 4 is 11.8 Å². The van der Waals surface area contributed by atoms with Gasteiger partial charge in [-0.3, -0.25) is 9.59 Å². The molecule has 35 heavy (non-hydrogen) atoms. The Morgan fingerprint density at radius 2 is 2.03 bits per heavy atom. The van der Waals surface area contributed by atoms with Crippen LogP contribution in [0.1, 0.15) is 24.2 Å². The second-order valence-corrected chi connectivity index (χ2v) is 9.44. The Hall–Kier alpha value is -3.17. The first-order valence-corrected chi connectivity index (χ1v) is 11.8. The van der Waals surface area contributed by atoms with Gasteiger partial charge in [0.05, 0.1) is 32.8 Å². The standard InChI is InChI=1S/C26H36N4O5/c1-17-13-30(18(2)16-31)26(33)22-11-20(19-8-7-9-21(10-19)34-6)12-27-25(22)35-23(17)14-29(5)24(32)15-28(3)4/h7-12,17-18,23,31H,13-16H2,1-6H3/t17-,18-,23-/m0/s1. The number of aliphatic hydroxyl groups is 1. The number of aliphatic hydroxyl groups excluding tert-OH is 1. The highest BCUT2D eigenvalue weighted by molar-refractivity contribution is 5.98. The topological polar surface area (TPSA) is 95.4 Å². The van der Waals surface area contributed by atoms with E-state index in [-0.39, 0.29) is 42.4 Å². The second-order valence-electron chi connectivity index (χ2n) is 9.44. The summed E-state index contributed by atoms with van der Waals surface area (Å²) in [5, 5.41) is 9.85. The van der Waals surface area contributed by atoms with Gasteiger partial charge in [-0.15, -0.1) is 0 Å². The lowest BCUT2D eigenvalue weighted by Crippen LogP contribution is -2.51. The number of likely N-dealkylation sites (N-methyl/N-ethyl adjacent to an activating group) is 2. The highest BCUT2D eigenvalue weighted by atomic mass is 16.5. The van der Waals surface area contributed by atoms with E-state index in [0.717, 1.165) is 11.1 Å². The molecule has 1 N–H and O–H groups in total. The van der Waals surface area contributed by atoms with Gasteiger partial charge in [0.2, 0.25) is 11.8 Å². The minimum Gasteiger partial charge on any atom is -0.497 e. The van der Waals surface area contributed by atoms with Crippen LogP contribution in [0, 0.1) is 5.92 Å². The quantitative estimate of drug-likeness (QED) is 0.612. The highest BCUT2D eigenvalue weighted by Crippen LogP contribution is 2.31. The maximum absolute atomic E-state index is 13.6. The molecule has 1 aliphatic heterocycles. The molecule has 1 aromatic carbocycles. The fraction of sp³-hybridized carbons (Fsp3) is 0.500. The van der Waals surface area contributed by atoms with Gasteiger partial charge in [-0.2, -0.15) is 0 Å². The van der Waals surface area contributed by atoms with Crippen molar-refractivity contribution in [1.82, 2.24) is 19.7 Å². The fourth-order valence-electron chi connectivity index (χ4n) is 4.04. The van der Waals surface area contributed by atoms with Crippen LogP contribution in [0.4, 0.5) is 0 Å². The summed E-state index contributed by atoms with van der Waals surface area (Å²) in [6.07, 6.45) is 1.28. The Bertz CT molecular complexity index is 1040. The number of methoxy groups -OCH3 is 1. The molecular formula is C26H36N4O5. The lowest BCUT2D eigenvalue weighted by Gasteiger charge is -2.37. The van der Waals surface area contributed by atoms with E-state index < -0.39 is 0 Å². The van der Waals surface area contributed by atoms with Crippen LogP contribution >= 0.6 is 0 Å². The van der Waals surface area contributed by atoms with Gasteiger partial charge in [-0.05, 0) is 44.8 Å². The zero-order chi connectivity index (χ0) is 25.7. The van der Waals surface area contributed by atoms with Crippen molar-refractivity contribution in [3.63, 3.8) is 0 Å². The number of pyridine rings is 1. The van der Waals surface area contributed by atoms with Crippen molar-refractivity contribution in [1.29, 1.82) is 0 Å². The number of hydrogen-bond donors (Lipinski definition) is 1. The number of amides is 2. The summed E-state index contributed by atoms with van der Waals surface area (Å²) in [5.74, 6) is 0.552. The predicted octanol–water partition coefficient (Wildman–Crippen LogP) is 2.00. The maximum atomic E-state index is 13.6. The molecule has 3 atom stereocenters. The van der Waals surface area contributed by atoms with Gasteiger partial charge in [0.25, 0.3) is 5.91 Å². The molecule has 2 aromatic rings. The van der Waals surface area contributed by atoms with Crippen molar-refractivity contribution < 1.29 is 24.2 Å². The number of nitrogens with zero attached hydrogens (tertiary/aromatic N) is 4. The van der Waals surface area contributed by atoms with E-state index >= 15 is 0 Å². The Labute approximate surface area is 207 Å². The summed E-state index contributed by atoms with van der Waals surface area (Å²) >= 11 is 0. The average molecular weight is 485 g/mol. The number of ether oxygens (including phenoxy) is 2. The van der Waals surface area contributed by atoms with Crippen LogP contribution in [0.5, 0.6) is 11.6 Å². The summed E-state index contributed by atoms with van der Waals surface area (Å²) in [5.41, 5.74) is 1.93. The Kier molecular flexibility index (Phi) is 8.69. The van der Waals surface area contributed by atoms with Gasteiger partial charge in [0.15, 0.2) is 0 Å². The molecule has 0 radical (unpaired) electrons. The molecule has 3 rings (SSSR count). The maximum Gasteiger partial charge on any atom is 0.259 e. The van der Waals surface area contributed by atoms with Gasteiger partial charge < -0.3 is 29.3 Å². The number of hydrogen-bond acceptors (Lipinski definition) is 7. The Morgan fingerprint density at radius 1 is 1.29 bits per heavy atom. The Balaban J connectivity index is 2.00. The second kappa shape index (κ2) is 11.5. The number of carbonyl (C=O) groups is 2. The molecule has 0 fully saturated rings. The Morgan fingerprint density at radius 3 is 2.69 bits per heavy atom. The SMILES string of the molecule is COc1cccc(-c2cnc3c(c2)C(=O)N([C@@H](C)CO)C[C@H](C)[C@H](CN(C)C(=O)CN(C)C)O3)c1. The minimum atomic E-state index is -0.387. The smallest absolute Gasteiger partial charge is 0.259 e. The number of fused-ring (bicyclic) bond motifs is 1. The zero-order valence-electron chi connectivity index (χ0n) is 21.4. The lowest BCUT2D eigenvalue weighted by molar-refractivity contribution is -0.132. The number of rotatable bonds is 8. The lowest BCUT2D eigenvalue weighted by atomic mass is 9.99. The molecule has 0 aliphatic carbocycles. The average Bonchev–Trinajstić information content (AvgIpc) is 2.84. The van der Waals surface area contributed by atoms with Crippen molar-refractivity contribution in [2.75, 3.05) is 54.5 Å². The third kappa shape index (κ3) is 6.29. The molecule has 0 saturated carbocycles. The van der Waals surface area contributed by atoms with Gasteiger partial charge in [-0.1, -0.05) is 19.1 Å². The van der Waals surface area contributed by atoms with Crippen LogP contribution in [-0.4, -0.2) is 103 Å². The highest BCUT2D eigenvalue weighted by Gasteiger charge is 2.34. The van der Waals surface area contributed by atoms with Gasteiger partial charge in [0.1, 0.15) is 17.4 Å². The monoisotopic (exact) mass is 484 g/mol. The number of carbonyl (C=O) groups excluding carboxylic acids is 2. The van der Waals surface area contributed by atoms with E-state index in [4.69, 9.17) is 9.47 Å². The van der Waals surface area contributed by atoms with Crippen LogP contribution in [0.25, 0.3) is 11.1 Å². The summed E-state index contributed by atoms with van der Waals surface area (Å²) in [6.45, 7) is 4.65. The van der Waals surface area contributed by atoms with Crippen LogP contribution < -0.4 is 9.47 Å². The van der Waals surface area contributed by atoms with E-state index in [2.05, 4.69) is 4.98 Å². The van der Waals surface area contributed by atoms with E-state index in [9.17, 15) is 14.7 Å². The first-order valence-electron chi connectivity index (χ1n) is 11.8. The first kappa shape index (κ1) is 26.4. The van der Waals surface area contributed by atoms with Gasteiger partial charge in [-0.25, -0.2) is 4.98 Å². The normalized spacial score (nSPS) is 18.9. The minimum absolute atomic E-state index is 0.0222. The summed E-state index contributed by atoms with van der Waals surface area (Å²) in [6, 6.07) is 8.91. The van der Waals surface area contributed by atoms with Crippen molar-refractivity contribution in [2.24, 2.45) is 5.92 Å². The van der Waals surface area contributed by atoms with Crippen LogP contribution in [0.2, 0.25) is 0 Å². The van der Waals surface area contributed by atoms with Crippen molar-refractivity contribution in [3.8, 4) is 22.8 Å². The van der Waals surface area contributed by atoms with Crippen molar-refractivity contribution in [3.05, 3.63) is 42.1 Å². The molecule has 2 heterocycles. The zero-order valence-corrected chi connectivity index (χ0v) is 21.4. The summed E-state index contributed by atoms with van der Waals surface area (Å²) in [4.78, 5) is 35.8. The van der Waals surface area contributed by atoms with E-state index in [1.807, 2.05) is 57.1 Å². The molecule has 9 heteroatoms. The summed E-state index contributed by atoms with van der Waals surface area (Å²) < 4.78 is 11.6. The molecule has 0 saturated heterocycles. The molecule has 1 aliphatic rings.